The lowest BCUT2D eigenvalue weighted by molar-refractivity contribution is 0.174. The summed E-state index contributed by atoms with van der Waals surface area (Å²) in [6.45, 7) is 5.79. The van der Waals surface area contributed by atoms with Gasteiger partial charge in [-0.25, -0.2) is 4.98 Å². The predicted octanol–water partition coefficient (Wildman–Crippen LogP) is 6.39. The molecular formula is C29H31N3O3. The van der Waals surface area contributed by atoms with Crippen molar-refractivity contribution in [1.29, 1.82) is 0 Å². The van der Waals surface area contributed by atoms with Crippen LogP contribution in [0, 0.1) is 0 Å². The van der Waals surface area contributed by atoms with E-state index in [0.29, 0.717) is 0 Å². The number of hydrogen-bond donors (Lipinski definition) is 0. The molecule has 6 heteroatoms. The SMILES string of the molecule is CCCCn1c(CN(CC=Cc2ccco2)Cc2ccc3c(c2)OCO3)cnc1-c1ccccc1. The van der Waals surface area contributed by atoms with Crippen LogP contribution in [0.15, 0.2) is 83.6 Å². The zero-order valence-electron chi connectivity index (χ0n) is 20.1. The first-order valence-electron chi connectivity index (χ1n) is 12.2. The van der Waals surface area contributed by atoms with Crippen LogP contribution in [0.1, 0.15) is 36.8 Å². The highest BCUT2D eigenvalue weighted by Gasteiger charge is 2.17. The lowest BCUT2D eigenvalue weighted by atomic mass is 10.1. The van der Waals surface area contributed by atoms with E-state index < -0.39 is 0 Å². The molecule has 0 saturated carbocycles. The molecule has 3 heterocycles. The van der Waals surface area contributed by atoms with E-state index in [2.05, 4.69) is 58.9 Å². The quantitative estimate of drug-likeness (QED) is 0.255. The van der Waals surface area contributed by atoms with Crippen LogP contribution in [0.4, 0.5) is 0 Å². The van der Waals surface area contributed by atoms with Crippen molar-refractivity contribution in [3.8, 4) is 22.9 Å². The molecular weight excluding hydrogens is 438 g/mol. The number of furan rings is 1. The minimum Gasteiger partial charge on any atom is -0.465 e. The van der Waals surface area contributed by atoms with Crippen molar-refractivity contribution < 1.29 is 13.9 Å². The first-order chi connectivity index (χ1) is 17.3. The third kappa shape index (κ3) is 5.66. The second kappa shape index (κ2) is 11.1. The van der Waals surface area contributed by atoms with Crippen molar-refractivity contribution in [3.63, 3.8) is 0 Å². The van der Waals surface area contributed by atoms with Crippen LogP contribution < -0.4 is 9.47 Å². The van der Waals surface area contributed by atoms with Crippen LogP contribution in [-0.4, -0.2) is 27.8 Å². The number of unbranched alkanes of at least 4 members (excludes halogenated alkanes) is 1. The summed E-state index contributed by atoms with van der Waals surface area (Å²) in [5.41, 5.74) is 3.54. The number of nitrogens with zero attached hydrogens (tertiary/aromatic N) is 3. The molecule has 0 saturated heterocycles. The second-order valence-electron chi connectivity index (χ2n) is 8.72. The standard InChI is InChI=1S/C29H31N3O3/c1-2-3-16-32-25(19-30-29(32)24-9-5-4-6-10-24)21-31(15-7-11-26-12-8-17-33-26)20-23-13-14-27-28(18-23)35-22-34-27/h4-14,17-19H,2-3,15-16,20-22H2,1H3. The Morgan fingerprint density at radius 1 is 1.00 bits per heavy atom. The van der Waals surface area contributed by atoms with E-state index in [1.165, 1.54) is 11.3 Å². The van der Waals surface area contributed by atoms with E-state index >= 15 is 0 Å². The normalized spacial score (nSPS) is 12.7. The van der Waals surface area contributed by atoms with Crippen molar-refractivity contribution in [2.24, 2.45) is 0 Å². The maximum absolute atomic E-state index is 5.60. The number of imidazole rings is 1. The Bertz CT molecular complexity index is 1250. The molecule has 5 rings (SSSR count). The van der Waals surface area contributed by atoms with Gasteiger partial charge >= 0.3 is 0 Å². The second-order valence-corrected chi connectivity index (χ2v) is 8.72. The Balaban J connectivity index is 1.40. The summed E-state index contributed by atoms with van der Waals surface area (Å²) in [6, 6.07) is 20.5. The van der Waals surface area contributed by atoms with Crippen molar-refractivity contribution >= 4 is 6.08 Å². The molecule has 0 bridgehead atoms. The van der Waals surface area contributed by atoms with E-state index in [9.17, 15) is 0 Å². The molecule has 0 fully saturated rings. The van der Waals surface area contributed by atoms with Gasteiger partial charge in [-0.05, 0) is 42.3 Å². The summed E-state index contributed by atoms with van der Waals surface area (Å²) in [6.07, 6.45) is 10.2. The minimum atomic E-state index is 0.285. The highest BCUT2D eigenvalue weighted by atomic mass is 16.7. The fraction of sp³-hybridized carbons (Fsp3) is 0.276. The third-order valence-corrected chi connectivity index (χ3v) is 6.12. The summed E-state index contributed by atoms with van der Waals surface area (Å²) in [5, 5.41) is 0. The molecule has 2 aromatic carbocycles. The van der Waals surface area contributed by atoms with Gasteiger partial charge in [0.05, 0.1) is 18.2 Å². The molecule has 1 aliphatic rings. The van der Waals surface area contributed by atoms with Gasteiger partial charge in [-0.3, -0.25) is 4.90 Å². The van der Waals surface area contributed by atoms with Crippen molar-refractivity contribution in [2.75, 3.05) is 13.3 Å². The van der Waals surface area contributed by atoms with Gasteiger partial charge in [0.1, 0.15) is 11.6 Å². The maximum atomic E-state index is 5.60. The lowest BCUT2D eigenvalue weighted by Gasteiger charge is -2.22. The van der Waals surface area contributed by atoms with Crippen LogP contribution >= 0.6 is 0 Å². The molecule has 0 aliphatic carbocycles. The average Bonchev–Trinajstić information content (AvgIpc) is 3.64. The molecule has 0 amide bonds. The molecule has 0 spiro atoms. The molecule has 0 radical (unpaired) electrons. The number of ether oxygens (including phenoxy) is 2. The zero-order valence-corrected chi connectivity index (χ0v) is 20.1. The first-order valence-corrected chi connectivity index (χ1v) is 12.2. The molecule has 180 valence electrons. The largest absolute Gasteiger partial charge is 0.465 e. The van der Waals surface area contributed by atoms with Gasteiger partial charge in [-0.2, -0.15) is 0 Å². The Labute approximate surface area is 206 Å². The van der Waals surface area contributed by atoms with E-state index in [1.54, 1.807) is 6.26 Å². The molecule has 2 aromatic heterocycles. The van der Waals surface area contributed by atoms with Gasteiger partial charge in [0.15, 0.2) is 11.5 Å². The lowest BCUT2D eigenvalue weighted by Crippen LogP contribution is -2.24. The summed E-state index contributed by atoms with van der Waals surface area (Å²) >= 11 is 0. The van der Waals surface area contributed by atoms with Crippen LogP contribution in [0.5, 0.6) is 11.5 Å². The van der Waals surface area contributed by atoms with E-state index in [1.807, 2.05) is 36.5 Å². The molecule has 0 N–H and O–H groups in total. The Morgan fingerprint density at radius 2 is 1.89 bits per heavy atom. The van der Waals surface area contributed by atoms with Gasteiger partial charge in [0, 0.05) is 31.7 Å². The molecule has 35 heavy (non-hydrogen) atoms. The summed E-state index contributed by atoms with van der Waals surface area (Å²) in [4.78, 5) is 7.24. The number of aromatic nitrogens is 2. The third-order valence-electron chi connectivity index (χ3n) is 6.12. The summed E-state index contributed by atoms with van der Waals surface area (Å²) in [7, 11) is 0. The van der Waals surface area contributed by atoms with Crippen LogP contribution in [-0.2, 0) is 19.6 Å². The number of rotatable bonds is 11. The molecule has 6 nitrogen and oxygen atoms in total. The average molecular weight is 470 g/mol. The molecule has 0 unspecified atom stereocenters. The van der Waals surface area contributed by atoms with Gasteiger partial charge in [0.2, 0.25) is 6.79 Å². The molecule has 4 aromatic rings. The van der Waals surface area contributed by atoms with Gasteiger partial charge < -0.3 is 18.5 Å². The van der Waals surface area contributed by atoms with Gasteiger partial charge in [0.25, 0.3) is 0 Å². The van der Waals surface area contributed by atoms with Gasteiger partial charge in [-0.15, -0.1) is 0 Å². The number of benzene rings is 2. The molecule has 1 aliphatic heterocycles. The number of hydrogen-bond acceptors (Lipinski definition) is 5. The summed E-state index contributed by atoms with van der Waals surface area (Å²) in [5.74, 6) is 3.51. The fourth-order valence-electron chi connectivity index (χ4n) is 4.34. The number of fused-ring (bicyclic) bond motifs is 1. The Morgan fingerprint density at radius 3 is 2.71 bits per heavy atom. The Kier molecular flexibility index (Phi) is 7.29. The van der Waals surface area contributed by atoms with E-state index in [0.717, 1.165) is 67.7 Å². The van der Waals surface area contributed by atoms with E-state index in [4.69, 9.17) is 18.9 Å². The predicted molar refractivity (Wildman–Crippen MR) is 137 cm³/mol. The highest BCUT2D eigenvalue weighted by molar-refractivity contribution is 5.56. The van der Waals surface area contributed by atoms with Crippen LogP contribution in [0.2, 0.25) is 0 Å². The smallest absolute Gasteiger partial charge is 0.231 e. The van der Waals surface area contributed by atoms with Crippen LogP contribution in [0.25, 0.3) is 17.5 Å². The maximum Gasteiger partial charge on any atom is 0.231 e. The van der Waals surface area contributed by atoms with Crippen molar-refractivity contribution in [1.82, 2.24) is 14.5 Å². The van der Waals surface area contributed by atoms with Gasteiger partial charge in [-0.1, -0.05) is 55.8 Å². The Hall–Kier alpha value is -3.77. The topological polar surface area (TPSA) is 52.7 Å². The monoisotopic (exact) mass is 469 g/mol. The highest BCUT2D eigenvalue weighted by Crippen LogP contribution is 2.33. The molecule has 0 atom stereocenters. The fourth-order valence-corrected chi connectivity index (χ4v) is 4.34. The first kappa shape index (κ1) is 23.0. The van der Waals surface area contributed by atoms with Crippen LogP contribution in [0.3, 0.4) is 0 Å². The van der Waals surface area contributed by atoms with Crippen molar-refractivity contribution in [2.45, 2.75) is 39.4 Å². The van der Waals surface area contributed by atoms with E-state index in [-0.39, 0.29) is 6.79 Å². The van der Waals surface area contributed by atoms with Crippen molar-refractivity contribution in [3.05, 3.63) is 96.2 Å². The summed E-state index contributed by atoms with van der Waals surface area (Å²) < 4.78 is 18.9. The minimum absolute atomic E-state index is 0.285. The zero-order chi connectivity index (χ0) is 23.9.